The van der Waals surface area contributed by atoms with E-state index < -0.39 is 65.8 Å². The van der Waals surface area contributed by atoms with Crippen LogP contribution in [0, 0.1) is 17.8 Å². The highest BCUT2D eigenvalue weighted by Crippen LogP contribution is 2.33. The first kappa shape index (κ1) is 55.5. The maximum absolute atomic E-state index is 11.9. The van der Waals surface area contributed by atoms with Gasteiger partial charge in [-0.25, -0.2) is 0 Å². The Morgan fingerprint density at radius 1 is 0.596 bits per heavy atom. The third-order valence-corrected chi connectivity index (χ3v) is 10.8. The number of aliphatic hydroxyl groups excluding tert-OH is 6. The Labute approximate surface area is 341 Å². The molecule has 8 N–H and O–H groups in total. The molecule has 57 heavy (non-hydrogen) atoms. The molecular weight excluding hydrogens is 744 g/mol. The summed E-state index contributed by atoms with van der Waals surface area (Å²) in [6, 6.07) is 0. The van der Waals surface area contributed by atoms with Crippen LogP contribution in [0.25, 0.3) is 0 Å². The molecule has 16 atom stereocenters. The van der Waals surface area contributed by atoms with E-state index in [1.165, 1.54) is 7.11 Å². The Morgan fingerprint density at radius 3 is 1.25 bits per heavy atom. The van der Waals surface area contributed by atoms with Crippen LogP contribution in [0.4, 0.5) is 0 Å². The molecule has 3 aliphatic heterocycles. The Hall–Kier alpha value is -1.47. The number of carbonyl (C=O) groups is 3. The van der Waals surface area contributed by atoms with Gasteiger partial charge in [0.2, 0.25) is 0 Å². The summed E-state index contributed by atoms with van der Waals surface area (Å²) in [6.45, 7) is 19.0. The van der Waals surface area contributed by atoms with E-state index in [1.54, 1.807) is 48.5 Å². The highest BCUT2D eigenvalue weighted by atomic mass is 16.6. The summed E-state index contributed by atoms with van der Waals surface area (Å²) in [5, 5.41) is 78.7. The van der Waals surface area contributed by atoms with Gasteiger partial charge in [-0.05, 0) is 75.2 Å². The molecule has 0 aromatic heterocycles. The van der Waals surface area contributed by atoms with E-state index in [0.717, 1.165) is 0 Å². The van der Waals surface area contributed by atoms with Gasteiger partial charge in [0.15, 0.2) is 0 Å². The maximum atomic E-state index is 11.9. The third-order valence-electron chi connectivity index (χ3n) is 10.8. The number of carbonyl (C=O) groups excluding carboxylic acids is 3. The number of aliphatic hydroxyl groups is 8. The largest absolute Gasteiger partial charge is 0.393 e. The van der Waals surface area contributed by atoms with Gasteiger partial charge in [0.05, 0.1) is 72.2 Å². The molecule has 3 rings (SSSR count). The van der Waals surface area contributed by atoms with Gasteiger partial charge in [0, 0.05) is 63.4 Å². The molecule has 3 heterocycles. The zero-order valence-corrected chi connectivity index (χ0v) is 35.8. The summed E-state index contributed by atoms with van der Waals surface area (Å²) in [4.78, 5) is 35.5. The molecule has 0 amide bonds. The fourth-order valence-electron chi connectivity index (χ4n) is 7.91. The van der Waals surface area contributed by atoms with Crippen molar-refractivity contribution in [2.45, 2.75) is 226 Å². The molecule has 0 bridgehead atoms. The van der Waals surface area contributed by atoms with Crippen molar-refractivity contribution in [3.63, 3.8) is 0 Å². The number of hydrogen-bond acceptors (Lipinski definition) is 15. The van der Waals surface area contributed by atoms with Crippen LogP contribution < -0.4 is 0 Å². The minimum absolute atomic E-state index is 0. The van der Waals surface area contributed by atoms with Crippen LogP contribution in [0.15, 0.2) is 0 Å². The molecular formula is C42H80O15. The lowest BCUT2D eigenvalue weighted by atomic mass is 9.82. The molecule has 15 unspecified atom stereocenters. The van der Waals surface area contributed by atoms with Gasteiger partial charge in [-0.3, -0.25) is 14.4 Å². The molecule has 3 aliphatic rings. The first-order chi connectivity index (χ1) is 25.7. The SMILES string of the molecule is C.CCC1OC(C)C(CC(=O)CC(C)(C)O)C(O)C1O.CCC1OC(C)C(CC(=O)C[C@@H](C)O)C(O)C1O.COC1C(C)OC(C)C(CC(=O)CC(C)(C)O)C1O. The predicted molar refractivity (Wildman–Crippen MR) is 214 cm³/mol. The number of rotatable bonds is 15. The van der Waals surface area contributed by atoms with Gasteiger partial charge in [-0.1, -0.05) is 21.3 Å². The van der Waals surface area contributed by atoms with Crippen molar-refractivity contribution in [1.82, 2.24) is 0 Å². The lowest BCUT2D eigenvalue weighted by molar-refractivity contribution is -0.199. The Balaban J connectivity index is 0.000000818. The lowest BCUT2D eigenvalue weighted by Crippen LogP contribution is -2.53. The second-order valence-electron chi connectivity index (χ2n) is 17.5. The number of Topliss-reactive ketones (excluding diaryl/α,β-unsaturated/α-hetero) is 3. The monoisotopic (exact) mass is 825 g/mol. The van der Waals surface area contributed by atoms with Crippen molar-refractivity contribution in [2.24, 2.45) is 17.8 Å². The molecule has 3 saturated heterocycles. The number of hydrogen-bond donors (Lipinski definition) is 8. The van der Waals surface area contributed by atoms with Crippen LogP contribution >= 0.6 is 0 Å². The molecule has 15 nitrogen and oxygen atoms in total. The first-order valence-corrected chi connectivity index (χ1v) is 20.2. The van der Waals surface area contributed by atoms with E-state index in [1.807, 2.05) is 27.7 Å². The van der Waals surface area contributed by atoms with Gasteiger partial charge >= 0.3 is 0 Å². The number of ketones is 3. The minimum Gasteiger partial charge on any atom is -0.393 e. The van der Waals surface area contributed by atoms with Crippen molar-refractivity contribution in [3.05, 3.63) is 0 Å². The van der Waals surface area contributed by atoms with Crippen molar-refractivity contribution in [2.75, 3.05) is 7.11 Å². The summed E-state index contributed by atoms with van der Waals surface area (Å²) < 4.78 is 22.2. The second kappa shape index (κ2) is 24.7. The fraction of sp³-hybridized carbons (Fsp3) is 0.929. The molecule has 0 spiro atoms. The average Bonchev–Trinajstić information content (AvgIpc) is 3.05. The van der Waals surface area contributed by atoms with E-state index in [4.69, 9.17) is 24.1 Å². The first-order valence-electron chi connectivity index (χ1n) is 20.2. The Kier molecular flexibility index (Phi) is 24.1. The summed E-state index contributed by atoms with van der Waals surface area (Å²) in [5.41, 5.74) is -2.07. The third kappa shape index (κ3) is 18.4. The topological polar surface area (TPSA) is 250 Å². The van der Waals surface area contributed by atoms with Crippen LogP contribution in [-0.2, 0) is 33.3 Å². The Bertz CT molecular complexity index is 1180. The van der Waals surface area contributed by atoms with Crippen LogP contribution in [0.3, 0.4) is 0 Å². The molecule has 338 valence electrons. The predicted octanol–water partition coefficient (Wildman–Crippen LogP) is 2.44. The molecule has 15 heteroatoms. The van der Waals surface area contributed by atoms with E-state index in [-0.39, 0.29) is 106 Å². The van der Waals surface area contributed by atoms with Crippen molar-refractivity contribution >= 4 is 17.3 Å². The van der Waals surface area contributed by atoms with Gasteiger partial charge < -0.3 is 59.8 Å². The summed E-state index contributed by atoms with van der Waals surface area (Å²) in [6.07, 6.45) is -5.50. The Morgan fingerprint density at radius 2 is 0.930 bits per heavy atom. The van der Waals surface area contributed by atoms with Gasteiger partial charge in [-0.2, -0.15) is 0 Å². The van der Waals surface area contributed by atoms with Crippen molar-refractivity contribution in [1.29, 1.82) is 0 Å². The van der Waals surface area contributed by atoms with Crippen LogP contribution in [0.1, 0.15) is 135 Å². The van der Waals surface area contributed by atoms with E-state index in [2.05, 4.69) is 0 Å². The van der Waals surface area contributed by atoms with Gasteiger partial charge in [0.1, 0.15) is 35.7 Å². The normalized spacial score (nSPS) is 36.3. The fourth-order valence-corrected chi connectivity index (χ4v) is 7.91. The molecule has 0 saturated carbocycles. The van der Waals surface area contributed by atoms with Crippen LogP contribution in [0.2, 0.25) is 0 Å². The molecule has 0 aromatic carbocycles. The molecule has 0 aliphatic carbocycles. The summed E-state index contributed by atoms with van der Waals surface area (Å²) in [5.74, 6) is -1.45. The maximum Gasteiger partial charge on any atom is 0.136 e. The summed E-state index contributed by atoms with van der Waals surface area (Å²) >= 11 is 0. The smallest absolute Gasteiger partial charge is 0.136 e. The van der Waals surface area contributed by atoms with Crippen molar-refractivity contribution in [3.8, 4) is 0 Å². The lowest BCUT2D eigenvalue weighted by Gasteiger charge is -2.42. The standard InChI is InChI=1S/2C14H26O5.C13H24O5.CH4/c1-8-11(6-10(15)7-14(3,4)17)12(16)13(18-5)9(2)19-8;1-5-11-13(17)12(16)10(8(2)19-11)6-9(15)7-14(3,4)18;1-4-11-13(17)12(16)10(8(3)18-11)6-9(15)5-7(2)14;/h8-9,11-13,16-17H,6-7H2,1-5H3;8,10-13,16-18H,5-7H2,1-4H3;7-8,10-14,16-17H,4-6H2,1-3H3;1H4/t;;7-,8?,10?,11?,12?,13?;/m..1./s1. The quantitative estimate of drug-likeness (QED) is 0.118. The molecule has 0 radical (unpaired) electrons. The van der Waals surface area contributed by atoms with E-state index in [0.29, 0.717) is 12.8 Å². The van der Waals surface area contributed by atoms with Crippen LogP contribution in [-0.4, -0.2) is 156 Å². The number of methoxy groups -OCH3 is 1. The highest BCUT2D eigenvalue weighted by Gasteiger charge is 2.45. The molecule has 3 fully saturated rings. The summed E-state index contributed by atoms with van der Waals surface area (Å²) in [7, 11) is 1.53. The van der Waals surface area contributed by atoms with E-state index in [9.17, 15) is 50.1 Å². The van der Waals surface area contributed by atoms with Gasteiger partial charge in [0.25, 0.3) is 0 Å². The van der Waals surface area contributed by atoms with Gasteiger partial charge in [-0.15, -0.1) is 0 Å². The van der Waals surface area contributed by atoms with Crippen LogP contribution in [0.5, 0.6) is 0 Å². The zero-order valence-electron chi connectivity index (χ0n) is 35.8. The zero-order chi connectivity index (χ0) is 43.5. The highest BCUT2D eigenvalue weighted by molar-refractivity contribution is 5.80. The second-order valence-corrected chi connectivity index (χ2v) is 17.5. The molecule has 0 aromatic rings. The minimum atomic E-state index is -1.05. The van der Waals surface area contributed by atoms with E-state index >= 15 is 0 Å². The average molecular weight is 825 g/mol. The van der Waals surface area contributed by atoms with Crippen molar-refractivity contribution < 1.29 is 74.2 Å². The number of ether oxygens (including phenoxy) is 4.